The number of benzene rings is 2. The Morgan fingerprint density at radius 3 is 2.33 bits per heavy atom. The number of nitrogens with one attached hydrogen (secondary N) is 1. The average molecular weight is 408 g/mol. The van der Waals surface area contributed by atoms with Crippen LogP contribution in [0.5, 0.6) is 5.75 Å². The number of hydrogen-bond donors (Lipinski definition) is 1. The maximum absolute atomic E-state index is 13.1. The smallest absolute Gasteiger partial charge is 0.325 e. The Kier molecular flexibility index (Phi) is 6.04. The number of hydrogen-bond acceptors (Lipinski definition) is 4. The number of likely N-dealkylation sites (tertiary alicyclic amines) is 1. The van der Waals surface area contributed by atoms with E-state index >= 15 is 0 Å². The van der Waals surface area contributed by atoms with Gasteiger partial charge in [0.25, 0.3) is 5.91 Å². The minimum absolute atomic E-state index is 0.0905. The second kappa shape index (κ2) is 8.88. The van der Waals surface area contributed by atoms with Gasteiger partial charge in [-0.3, -0.25) is 9.69 Å². The first kappa shape index (κ1) is 20.4. The summed E-state index contributed by atoms with van der Waals surface area (Å²) in [4.78, 5) is 29.4. The Morgan fingerprint density at radius 1 is 0.967 bits per heavy atom. The lowest BCUT2D eigenvalue weighted by atomic mass is 9.87. The predicted octanol–water partition coefficient (Wildman–Crippen LogP) is 3.21. The average Bonchev–Trinajstić information content (AvgIpc) is 3.00. The van der Waals surface area contributed by atoms with E-state index in [4.69, 9.17) is 4.74 Å². The van der Waals surface area contributed by atoms with Crippen LogP contribution in [-0.2, 0) is 17.8 Å². The van der Waals surface area contributed by atoms with Crippen molar-refractivity contribution >= 4 is 11.9 Å². The maximum atomic E-state index is 13.1. The molecule has 0 aliphatic carbocycles. The van der Waals surface area contributed by atoms with Gasteiger partial charge in [-0.05, 0) is 55.5 Å². The molecular weight excluding hydrogens is 378 g/mol. The Balaban J connectivity index is 1.30. The fourth-order valence-electron chi connectivity index (χ4n) is 4.38. The van der Waals surface area contributed by atoms with Crippen molar-refractivity contribution in [1.82, 2.24) is 15.1 Å². The molecule has 0 saturated carbocycles. The number of amides is 3. The highest BCUT2D eigenvalue weighted by Gasteiger charge is 2.52. The van der Waals surface area contributed by atoms with E-state index < -0.39 is 5.54 Å². The molecule has 2 fully saturated rings. The molecule has 2 aromatic carbocycles. The molecule has 2 heterocycles. The number of urea groups is 1. The molecule has 0 bridgehead atoms. The molecule has 6 nitrogen and oxygen atoms in total. The van der Waals surface area contributed by atoms with Gasteiger partial charge in [-0.2, -0.15) is 0 Å². The standard InChI is InChI=1S/C24H29N3O3/c1-30-21-11-9-20(10-12-21)18-27-22(28)24(25-23(27)29)13-16-26(17-14-24)15-5-8-19-6-3-2-4-7-19/h2-4,6-7,9-12H,5,8,13-18H2,1H3,(H,25,29). The molecule has 158 valence electrons. The summed E-state index contributed by atoms with van der Waals surface area (Å²) in [5, 5.41) is 3.00. The second-order valence-electron chi connectivity index (χ2n) is 8.18. The van der Waals surface area contributed by atoms with E-state index in [-0.39, 0.29) is 18.5 Å². The lowest BCUT2D eigenvalue weighted by Gasteiger charge is -2.37. The highest BCUT2D eigenvalue weighted by Crippen LogP contribution is 2.30. The summed E-state index contributed by atoms with van der Waals surface area (Å²) in [6, 6.07) is 17.7. The summed E-state index contributed by atoms with van der Waals surface area (Å²) in [6.45, 7) is 2.97. The number of imide groups is 1. The topological polar surface area (TPSA) is 61.9 Å². The van der Waals surface area contributed by atoms with Crippen molar-refractivity contribution in [3.8, 4) is 5.75 Å². The van der Waals surface area contributed by atoms with E-state index in [2.05, 4.69) is 34.5 Å². The molecular formula is C24H29N3O3. The number of carbonyl (C=O) groups is 2. The van der Waals surface area contributed by atoms with Crippen molar-refractivity contribution in [3.05, 3.63) is 65.7 Å². The van der Waals surface area contributed by atoms with Gasteiger partial charge in [-0.15, -0.1) is 0 Å². The van der Waals surface area contributed by atoms with Crippen LogP contribution in [0.1, 0.15) is 30.4 Å². The van der Waals surface area contributed by atoms with Crippen molar-refractivity contribution in [2.45, 2.75) is 37.8 Å². The zero-order valence-corrected chi connectivity index (χ0v) is 17.5. The zero-order chi connectivity index (χ0) is 21.0. The van der Waals surface area contributed by atoms with Crippen molar-refractivity contribution in [1.29, 1.82) is 0 Å². The molecule has 4 rings (SSSR count). The van der Waals surface area contributed by atoms with Gasteiger partial charge in [-0.25, -0.2) is 4.79 Å². The molecule has 30 heavy (non-hydrogen) atoms. The molecule has 2 saturated heterocycles. The summed E-state index contributed by atoms with van der Waals surface area (Å²) < 4.78 is 5.17. The number of carbonyl (C=O) groups excluding carboxylic acids is 2. The number of aryl methyl sites for hydroxylation is 1. The Bertz CT molecular complexity index is 874. The lowest BCUT2D eigenvalue weighted by Crippen LogP contribution is -2.55. The van der Waals surface area contributed by atoms with Crippen molar-refractivity contribution in [2.75, 3.05) is 26.7 Å². The molecule has 0 unspecified atom stereocenters. The number of methoxy groups -OCH3 is 1. The first-order valence-electron chi connectivity index (χ1n) is 10.6. The number of piperidine rings is 1. The van der Waals surface area contributed by atoms with Crippen LogP contribution in [-0.4, -0.2) is 54.0 Å². The first-order chi connectivity index (χ1) is 14.6. The molecule has 0 radical (unpaired) electrons. The zero-order valence-electron chi connectivity index (χ0n) is 17.5. The van der Waals surface area contributed by atoms with Crippen LogP contribution in [0.4, 0.5) is 4.79 Å². The number of nitrogens with zero attached hydrogens (tertiary/aromatic N) is 2. The Labute approximate surface area is 177 Å². The summed E-state index contributed by atoms with van der Waals surface area (Å²) in [7, 11) is 1.62. The fourth-order valence-corrected chi connectivity index (χ4v) is 4.38. The molecule has 2 aliphatic rings. The SMILES string of the molecule is COc1ccc(CN2C(=O)NC3(CCN(CCCc4ccccc4)CC3)C2=O)cc1. The van der Waals surface area contributed by atoms with Crippen molar-refractivity contribution < 1.29 is 14.3 Å². The largest absolute Gasteiger partial charge is 0.497 e. The fraction of sp³-hybridized carbons (Fsp3) is 0.417. The van der Waals surface area contributed by atoms with Gasteiger partial charge in [0.15, 0.2) is 0 Å². The molecule has 1 N–H and O–H groups in total. The third-order valence-corrected chi connectivity index (χ3v) is 6.24. The van der Waals surface area contributed by atoms with Gasteiger partial charge in [0.2, 0.25) is 0 Å². The summed E-state index contributed by atoms with van der Waals surface area (Å²) in [5.41, 5.74) is 1.53. The van der Waals surface area contributed by atoms with Gasteiger partial charge < -0.3 is 15.0 Å². The van der Waals surface area contributed by atoms with Crippen LogP contribution in [0.15, 0.2) is 54.6 Å². The van der Waals surface area contributed by atoms with Crippen LogP contribution in [0.25, 0.3) is 0 Å². The third kappa shape index (κ3) is 4.33. The minimum Gasteiger partial charge on any atom is -0.497 e. The van der Waals surface area contributed by atoms with Crippen LogP contribution in [0.3, 0.4) is 0 Å². The highest BCUT2D eigenvalue weighted by molar-refractivity contribution is 6.07. The van der Waals surface area contributed by atoms with Crippen LogP contribution in [0, 0.1) is 0 Å². The maximum Gasteiger partial charge on any atom is 0.325 e. The van der Waals surface area contributed by atoms with Crippen LogP contribution < -0.4 is 10.1 Å². The Hall–Kier alpha value is -2.86. The molecule has 1 spiro atoms. The van der Waals surface area contributed by atoms with Crippen molar-refractivity contribution in [2.24, 2.45) is 0 Å². The van der Waals surface area contributed by atoms with Gasteiger partial charge in [0, 0.05) is 13.1 Å². The first-order valence-corrected chi connectivity index (χ1v) is 10.6. The normalized spacial score (nSPS) is 18.6. The molecule has 3 amide bonds. The summed E-state index contributed by atoms with van der Waals surface area (Å²) in [5.74, 6) is 0.666. The van der Waals surface area contributed by atoms with Crippen LogP contribution >= 0.6 is 0 Å². The van der Waals surface area contributed by atoms with E-state index in [1.807, 2.05) is 30.3 Å². The predicted molar refractivity (Wildman–Crippen MR) is 115 cm³/mol. The second-order valence-corrected chi connectivity index (χ2v) is 8.18. The van der Waals surface area contributed by atoms with E-state index in [9.17, 15) is 9.59 Å². The lowest BCUT2D eigenvalue weighted by molar-refractivity contribution is -0.133. The van der Waals surface area contributed by atoms with E-state index in [1.165, 1.54) is 10.5 Å². The van der Waals surface area contributed by atoms with E-state index in [0.29, 0.717) is 12.8 Å². The summed E-state index contributed by atoms with van der Waals surface area (Å²) in [6.07, 6.45) is 3.50. The molecule has 2 aliphatic heterocycles. The molecule has 2 aromatic rings. The van der Waals surface area contributed by atoms with Crippen molar-refractivity contribution in [3.63, 3.8) is 0 Å². The number of ether oxygens (including phenoxy) is 1. The number of rotatable bonds is 7. The molecule has 0 aromatic heterocycles. The Morgan fingerprint density at radius 2 is 1.67 bits per heavy atom. The third-order valence-electron chi connectivity index (χ3n) is 6.24. The molecule has 0 atom stereocenters. The quantitative estimate of drug-likeness (QED) is 0.716. The monoisotopic (exact) mass is 407 g/mol. The highest BCUT2D eigenvalue weighted by atomic mass is 16.5. The van der Waals surface area contributed by atoms with Gasteiger partial charge >= 0.3 is 6.03 Å². The minimum atomic E-state index is -0.737. The summed E-state index contributed by atoms with van der Waals surface area (Å²) >= 11 is 0. The van der Waals surface area contributed by atoms with E-state index in [0.717, 1.165) is 43.8 Å². The molecule has 6 heteroatoms. The van der Waals surface area contributed by atoms with E-state index in [1.54, 1.807) is 7.11 Å². The van der Waals surface area contributed by atoms with Gasteiger partial charge in [0.1, 0.15) is 11.3 Å². The van der Waals surface area contributed by atoms with Gasteiger partial charge in [-0.1, -0.05) is 42.5 Å². The van der Waals surface area contributed by atoms with Crippen LogP contribution in [0.2, 0.25) is 0 Å². The van der Waals surface area contributed by atoms with Gasteiger partial charge in [0.05, 0.1) is 13.7 Å².